The Bertz CT molecular complexity index is 1160. The van der Waals surface area contributed by atoms with Crippen LogP contribution in [-0.4, -0.2) is 33.6 Å². The smallest absolute Gasteiger partial charge is 0.312 e. The summed E-state index contributed by atoms with van der Waals surface area (Å²) in [5, 5.41) is 11.2. The number of nitro groups is 1. The second-order valence-corrected chi connectivity index (χ2v) is 12.0. The van der Waals surface area contributed by atoms with E-state index in [0.29, 0.717) is 19.4 Å². The topological polar surface area (TPSA) is 108 Å². The number of nitrogens with zero attached hydrogens (tertiary/aromatic N) is 1. The van der Waals surface area contributed by atoms with Gasteiger partial charge in [0.1, 0.15) is 5.75 Å². The Kier molecular flexibility index (Phi) is 9.91. The lowest BCUT2D eigenvalue weighted by Crippen LogP contribution is -2.25. The molecule has 0 aliphatic carbocycles. The van der Waals surface area contributed by atoms with Crippen molar-refractivity contribution in [3.63, 3.8) is 0 Å². The van der Waals surface area contributed by atoms with Crippen LogP contribution in [0.2, 0.25) is 0 Å². The predicted molar refractivity (Wildman–Crippen MR) is 143 cm³/mol. The molecule has 0 saturated heterocycles. The van der Waals surface area contributed by atoms with E-state index in [-0.39, 0.29) is 28.0 Å². The van der Waals surface area contributed by atoms with Gasteiger partial charge in [-0.05, 0) is 60.3 Å². The van der Waals surface area contributed by atoms with E-state index in [4.69, 9.17) is 9.47 Å². The molecule has 8 nitrogen and oxygen atoms in total. The molecular weight excluding hydrogens is 480 g/mol. The molecule has 0 saturated carbocycles. The van der Waals surface area contributed by atoms with Gasteiger partial charge in [-0.25, -0.2) is 13.1 Å². The van der Waals surface area contributed by atoms with Crippen LogP contribution in [0, 0.1) is 10.1 Å². The van der Waals surface area contributed by atoms with Crippen molar-refractivity contribution in [2.45, 2.75) is 83.0 Å². The van der Waals surface area contributed by atoms with Gasteiger partial charge in [-0.3, -0.25) is 10.1 Å². The van der Waals surface area contributed by atoms with Gasteiger partial charge in [-0.2, -0.15) is 0 Å². The quantitative estimate of drug-likeness (QED) is 0.183. The van der Waals surface area contributed by atoms with Gasteiger partial charge in [0, 0.05) is 18.2 Å². The fraction of sp³-hybridized carbons (Fsp3) is 0.556. The minimum Gasteiger partial charge on any atom is -0.493 e. The molecule has 9 heteroatoms. The largest absolute Gasteiger partial charge is 0.493 e. The monoisotopic (exact) mass is 520 g/mol. The van der Waals surface area contributed by atoms with Crippen molar-refractivity contribution in [2.24, 2.45) is 0 Å². The summed E-state index contributed by atoms with van der Waals surface area (Å²) in [6.45, 7) is 14.0. The molecule has 0 fully saturated rings. The van der Waals surface area contributed by atoms with Gasteiger partial charge in [-0.15, -0.1) is 0 Å². The zero-order valence-electron chi connectivity index (χ0n) is 22.5. The van der Waals surface area contributed by atoms with Crippen molar-refractivity contribution >= 4 is 15.7 Å². The van der Waals surface area contributed by atoms with E-state index in [1.54, 1.807) is 0 Å². The molecule has 0 unspecified atom stereocenters. The van der Waals surface area contributed by atoms with Crippen molar-refractivity contribution in [2.75, 3.05) is 20.3 Å². The van der Waals surface area contributed by atoms with E-state index in [0.717, 1.165) is 24.7 Å². The first-order valence-corrected chi connectivity index (χ1v) is 13.9. The number of hydrogen-bond donors (Lipinski definition) is 1. The maximum atomic E-state index is 12.6. The first kappa shape index (κ1) is 29.6. The highest BCUT2D eigenvalue weighted by molar-refractivity contribution is 7.89. The summed E-state index contributed by atoms with van der Waals surface area (Å²) in [6, 6.07) is 10.0. The van der Waals surface area contributed by atoms with E-state index < -0.39 is 20.6 Å². The standard InChI is InChI=1S/C27H40N2O6S/c1-8-26(3,4)20-12-14-24(22(18-20)27(5,6)9-2)35-17-11-10-16-28-36(32,33)21-13-15-25(34-7)23(19-21)29(30)31/h12-15,18-19,28H,8-11,16-17H2,1-7H3. The van der Waals surface area contributed by atoms with E-state index in [1.165, 1.54) is 30.4 Å². The lowest BCUT2D eigenvalue weighted by Gasteiger charge is -2.30. The number of benzene rings is 2. The highest BCUT2D eigenvalue weighted by Crippen LogP contribution is 2.38. The van der Waals surface area contributed by atoms with Crippen molar-refractivity contribution in [3.05, 3.63) is 57.6 Å². The predicted octanol–water partition coefficient (Wildman–Crippen LogP) is 6.12. The molecule has 0 atom stereocenters. The Morgan fingerprint density at radius 2 is 1.58 bits per heavy atom. The summed E-state index contributed by atoms with van der Waals surface area (Å²) in [4.78, 5) is 10.4. The first-order chi connectivity index (χ1) is 16.8. The van der Waals surface area contributed by atoms with Crippen molar-refractivity contribution in [3.8, 4) is 11.5 Å². The number of nitrogens with one attached hydrogen (secondary N) is 1. The highest BCUT2D eigenvalue weighted by Gasteiger charge is 2.27. The van der Waals surface area contributed by atoms with Crippen LogP contribution in [0.25, 0.3) is 0 Å². The average Bonchev–Trinajstić information content (AvgIpc) is 2.85. The van der Waals surface area contributed by atoms with Crippen LogP contribution in [0.3, 0.4) is 0 Å². The average molecular weight is 521 g/mol. The third-order valence-electron chi connectivity index (χ3n) is 7.04. The lowest BCUT2D eigenvalue weighted by molar-refractivity contribution is -0.386. The van der Waals surface area contributed by atoms with Crippen molar-refractivity contribution in [1.82, 2.24) is 4.72 Å². The maximum absolute atomic E-state index is 12.6. The molecule has 0 bridgehead atoms. The third-order valence-corrected chi connectivity index (χ3v) is 8.49. The minimum absolute atomic E-state index is 0.00742. The molecule has 0 aromatic heterocycles. The van der Waals surface area contributed by atoms with Crippen LogP contribution in [0.1, 0.15) is 78.4 Å². The van der Waals surface area contributed by atoms with E-state index in [2.05, 4.69) is 64.5 Å². The number of hydrogen-bond acceptors (Lipinski definition) is 6. The molecule has 1 N–H and O–H groups in total. The molecule has 0 radical (unpaired) electrons. The molecule has 36 heavy (non-hydrogen) atoms. The second-order valence-electron chi connectivity index (χ2n) is 10.2. The van der Waals surface area contributed by atoms with Gasteiger partial charge in [-0.1, -0.05) is 53.7 Å². The fourth-order valence-corrected chi connectivity index (χ4v) is 4.77. The Morgan fingerprint density at radius 1 is 0.944 bits per heavy atom. The van der Waals surface area contributed by atoms with Gasteiger partial charge in [0.05, 0.1) is 23.5 Å². The van der Waals surface area contributed by atoms with Crippen LogP contribution < -0.4 is 14.2 Å². The number of unbranched alkanes of at least 4 members (excludes halogenated alkanes) is 1. The van der Waals surface area contributed by atoms with E-state index in [9.17, 15) is 18.5 Å². The van der Waals surface area contributed by atoms with Crippen LogP contribution >= 0.6 is 0 Å². The zero-order chi connectivity index (χ0) is 27.1. The first-order valence-electron chi connectivity index (χ1n) is 12.4. The maximum Gasteiger partial charge on any atom is 0.312 e. The minimum atomic E-state index is -3.88. The molecule has 2 aromatic rings. The van der Waals surface area contributed by atoms with Gasteiger partial charge in [0.2, 0.25) is 10.0 Å². The number of methoxy groups -OCH3 is 1. The highest BCUT2D eigenvalue weighted by atomic mass is 32.2. The Balaban J connectivity index is 1.99. The molecule has 0 spiro atoms. The molecule has 2 aromatic carbocycles. The number of rotatable bonds is 14. The summed E-state index contributed by atoms with van der Waals surface area (Å²) in [5.74, 6) is 0.872. The lowest BCUT2D eigenvalue weighted by atomic mass is 9.76. The fourth-order valence-electron chi connectivity index (χ4n) is 3.68. The molecular formula is C27H40N2O6S. The number of ether oxygens (including phenoxy) is 2. The summed E-state index contributed by atoms with van der Waals surface area (Å²) < 4.78 is 38.7. The molecule has 0 aliphatic rings. The molecule has 0 heterocycles. The Hall–Kier alpha value is -2.65. The van der Waals surface area contributed by atoms with Gasteiger partial charge < -0.3 is 9.47 Å². The normalized spacial score (nSPS) is 12.4. The van der Waals surface area contributed by atoms with Crippen molar-refractivity contribution < 1.29 is 22.8 Å². The molecule has 200 valence electrons. The van der Waals surface area contributed by atoms with Gasteiger partial charge >= 0.3 is 5.69 Å². The van der Waals surface area contributed by atoms with E-state index >= 15 is 0 Å². The Labute approximate surface area is 215 Å². The zero-order valence-corrected chi connectivity index (χ0v) is 23.3. The van der Waals surface area contributed by atoms with Gasteiger partial charge in [0.25, 0.3) is 0 Å². The SMILES string of the molecule is CCC(C)(C)c1ccc(OCCCCNS(=O)(=O)c2ccc(OC)c([N+](=O)[O-])c2)c(C(C)(C)CC)c1. The summed E-state index contributed by atoms with van der Waals surface area (Å²) in [6.07, 6.45) is 3.23. The summed E-state index contributed by atoms with van der Waals surface area (Å²) in [7, 11) is -2.59. The van der Waals surface area contributed by atoms with Gasteiger partial charge in [0.15, 0.2) is 5.75 Å². The Morgan fingerprint density at radius 3 is 2.17 bits per heavy atom. The van der Waals surface area contributed by atoms with Crippen LogP contribution in [-0.2, 0) is 20.9 Å². The summed E-state index contributed by atoms with van der Waals surface area (Å²) in [5.41, 5.74) is 2.13. The third kappa shape index (κ3) is 7.20. The second kappa shape index (κ2) is 12.1. The van der Waals surface area contributed by atoms with Crippen LogP contribution in [0.15, 0.2) is 41.3 Å². The van der Waals surface area contributed by atoms with Crippen molar-refractivity contribution in [1.29, 1.82) is 0 Å². The van der Waals surface area contributed by atoms with Crippen LogP contribution in [0.4, 0.5) is 5.69 Å². The van der Waals surface area contributed by atoms with E-state index in [1.807, 2.05) is 0 Å². The number of sulfonamides is 1. The number of nitro benzene ring substituents is 1. The summed E-state index contributed by atoms with van der Waals surface area (Å²) >= 11 is 0. The van der Waals surface area contributed by atoms with Crippen LogP contribution in [0.5, 0.6) is 11.5 Å². The molecule has 0 amide bonds. The molecule has 2 rings (SSSR count). The molecule has 0 aliphatic heterocycles.